The average molecular weight is 250 g/mol. The van der Waals surface area contributed by atoms with Gasteiger partial charge in [-0.1, -0.05) is 18.2 Å². The molecule has 0 aliphatic carbocycles. The van der Waals surface area contributed by atoms with Gasteiger partial charge in [0.2, 0.25) is 5.78 Å². The molecule has 18 heavy (non-hydrogen) atoms. The fourth-order valence-corrected chi connectivity index (χ4v) is 1.75. The summed E-state index contributed by atoms with van der Waals surface area (Å²) in [5.74, 6) is -3.83. The van der Waals surface area contributed by atoms with Crippen LogP contribution in [0.15, 0.2) is 36.4 Å². The maximum absolute atomic E-state index is 13.0. The highest BCUT2D eigenvalue weighted by molar-refractivity contribution is 6.03. The van der Waals surface area contributed by atoms with Gasteiger partial charge in [0.05, 0.1) is 7.11 Å². The minimum absolute atomic E-state index is 0.0140. The van der Waals surface area contributed by atoms with E-state index in [9.17, 15) is 13.6 Å². The number of hydrogen-bond acceptors (Lipinski definition) is 2. The lowest BCUT2D eigenvalue weighted by Crippen LogP contribution is -2.24. The summed E-state index contributed by atoms with van der Waals surface area (Å²) < 4.78 is 31.0. The minimum Gasteiger partial charge on any atom is -0.497 e. The van der Waals surface area contributed by atoms with E-state index in [2.05, 4.69) is 0 Å². The van der Waals surface area contributed by atoms with Gasteiger partial charge in [-0.2, -0.15) is 8.78 Å². The summed E-state index contributed by atoms with van der Waals surface area (Å²) in [6, 6.07) is 9.75. The van der Waals surface area contributed by atoms with Gasteiger partial charge in [0.15, 0.2) is 0 Å². The van der Waals surface area contributed by atoms with Gasteiger partial charge < -0.3 is 4.74 Å². The van der Waals surface area contributed by atoms with Crippen LogP contribution in [0.2, 0.25) is 0 Å². The molecule has 0 saturated carbocycles. The van der Waals surface area contributed by atoms with Gasteiger partial charge in [-0.3, -0.25) is 4.79 Å². The molecule has 2 rings (SSSR count). The number of benzene rings is 2. The molecule has 4 heteroatoms. The zero-order chi connectivity index (χ0) is 13.3. The molecule has 0 saturated heterocycles. The number of ether oxygens (including phenoxy) is 1. The molecule has 2 nitrogen and oxygen atoms in total. The van der Waals surface area contributed by atoms with E-state index in [1.54, 1.807) is 31.4 Å². The highest BCUT2D eigenvalue weighted by atomic mass is 19.3. The first-order valence-corrected chi connectivity index (χ1v) is 5.42. The van der Waals surface area contributed by atoms with Crippen LogP contribution in [0.3, 0.4) is 0 Å². The molecule has 0 amide bonds. The molecule has 94 valence electrons. The number of fused-ring (bicyclic) bond motifs is 1. The Kier molecular flexibility index (Phi) is 3.03. The standard InChI is InChI=1S/C14H12F2O2/c1-14(15,16)13(17)11-4-3-10-8-12(18-2)6-5-9(10)7-11/h3-8H,1-2H3. The Morgan fingerprint density at radius 3 is 2.33 bits per heavy atom. The lowest BCUT2D eigenvalue weighted by molar-refractivity contribution is 0.0222. The number of hydrogen-bond donors (Lipinski definition) is 0. The average Bonchev–Trinajstić information content (AvgIpc) is 2.35. The molecule has 0 aromatic heterocycles. The van der Waals surface area contributed by atoms with Crippen molar-refractivity contribution in [2.24, 2.45) is 0 Å². The lowest BCUT2D eigenvalue weighted by atomic mass is 10.0. The summed E-state index contributed by atoms with van der Waals surface area (Å²) in [5.41, 5.74) is 0.0140. The smallest absolute Gasteiger partial charge is 0.307 e. The van der Waals surface area contributed by atoms with Crippen molar-refractivity contribution in [3.63, 3.8) is 0 Å². The number of carbonyl (C=O) groups excluding carboxylic acids is 1. The van der Waals surface area contributed by atoms with Crippen LogP contribution in [0.1, 0.15) is 17.3 Å². The van der Waals surface area contributed by atoms with E-state index in [1.165, 1.54) is 12.1 Å². The maximum Gasteiger partial charge on any atom is 0.307 e. The Balaban J connectivity index is 2.49. The molecule has 0 unspecified atom stereocenters. The summed E-state index contributed by atoms with van der Waals surface area (Å²) in [5, 5.41) is 1.57. The summed E-state index contributed by atoms with van der Waals surface area (Å²) >= 11 is 0. The third-order valence-electron chi connectivity index (χ3n) is 2.71. The maximum atomic E-state index is 13.0. The first-order valence-electron chi connectivity index (χ1n) is 5.42. The molecule has 0 spiro atoms. The Hall–Kier alpha value is -1.97. The van der Waals surface area contributed by atoms with Gasteiger partial charge in [0.25, 0.3) is 0 Å². The largest absolute Gasteiger partial charge is 0.497 e. The fraction of sp³-hybridized carbons (Fsp3) is 0.214. The molecule has 2 aromatic carbocycles. The van der Waals surface area contributed by atoms with E-state index in [0.717, 1.165) is 10.8 Å². The van der Waals surface area contributed by atoms with Crippen LogP contribution in [-0.4, -0.2) is 18.8 Å². The van der Waals surface area contributed by atoms with Gasteiger partial charge in [-0.05, 0) is 29.0 Å². The van der Waals surface area contributed by atoms with Crippen molar-refractivity contribution in [3.8, 4) is 5.75 Å². The zero-order valence-electron chi connectivity index (χ0n) is 10.0. The number of methoxy groups -OCH3 is 1. The van der Waals surface area contributed by atoms with Crippen LogP contribution in [0.25, 0.3) is 10.8 Å². The minimum atomic E-state index is -3.35. The van der Waals surface area contributed by atoms with Gasteiger partial charge >= 0.3 is 5.92 Å². The SMILES string of the molecule is COc1ccc2cc(C(=O)C(C)(F)F)ccc2c1. The van der Waals surface area contributed by atoms with E-state index < -0.39 is 11.7 Å². The first kappa shape index (κ1) is 12.5. The van der Waals surface area contributed by atoms with Crippen molar-refractivity contribution in [2.45, 2.75) is 12.8 Å². The van der Waals surface area contributed by atoms with Crippen LogP contribution in [-0.2, 0) is 0 Å². The summed E-state index contributed by atoms with van der Waals surface area (Å²) in [4.78, 5) is 11.5. The third-order valence-corrected chi connectivity index (χ3v) is 2.71. The van der Waals surface area contributed by atoms with Crippen LogP contribution in [0.4, 0.5) is 8.78 Å². The number of Topliss-reactive ketones (excluding diaryl/α,β-unsaturated/α-hetero) is 1. The molecular formula is C14H12F2O2. The fourth-order valence-electron chi connectivity index (χ4n) is 1.75. The van der Waals surface area contributed by atoms with Gasteiger partial charge in [-0.25, -0.2) is 0 Å². The van der Waals surface area contributed by atoms with Gasteiger partial charge in [-0.15, -0.1) is 0 Å². The van der Waals surface area contributed by atoms with E-state index in [0.29, 0.717) is 12.7 Å². The van der Waals surface area contributed by atoms with Crippen LogP contribution >= 0.6 is 0 Å². The third kappa shape index (κ3) is 2.32. The predicted octanol–water partition coefficient (Wildman–Crippen LogP) is 3.69. The van der Waals surface area contributed by atoms with Crippen molar-refractivity contribution in [1.29, 1.82) is 0 Å². The Morgan fingerprint density at radius 2 is 1.72 bits per heavy atom. The van der Waals surface area contributed by atoms with Crippen LogP contribution in [0, 0.1) is 0 Å². The van der Waals surface area contributed by atoms with E-state index in [1.807, 2.05) is 0 Å². The molecular weight excluding hydrogens is 238 g/mol. The van der Waals surface area contributed by atoms with Gasteiger partial charge in [0.1, 0.15) is 5.75 Å². The van der Waals surface area contributed by atoms with Crippen molar-refractivity contribution >= 4 is 16.6 Å². The van der Waals surface area contributed by atoms with E-state index in [-0.39, 0.29) is 5.56 Å². The Morgan fingerprint density at radius 1 is 1.11 bits per heavy atom. The predicted molar refractivity (Wildman–Crippen MR) is 65.5 cm³/mol. The first-order chi connectivity index (χ1) is 8.41. The topological polar surface area (TPSA) is 26.3 Å². The molecule has 0 bridgehead atoms. The zero-order valence-corrected chi connectivity index (χ0v) is 10.0. The van der Waals surface area contributed by atoms with Gasteiger partial charge in [0, 0.05) is 12.5 Å². The highest BCUT2D eigenvalue weighted by Gasteiger charge is 2.33. The van der Waals surface area contributed by atoms with Crippen molar-refractivity contribution in [1.82, 2.24) is 0 Å². The molecule has 0 radical (unpaired) electrons. The van der Waals surface area contributed by atoms with Crippen LogP contribution in [0.5, 0.6) is 5.75 Å². The second-order valence-corrected chi connectivity index (χ2v) is 4.15. The highest BCUT2D eigenvalue weighted by Crippen LogP contribution is 2.25. The molecule has 0 aliphatic heterocycles. The number of carbonyl (C=O) groups is 1. The van der Waals surface area contributed by atoms with E-state index in [4.69, 9.17) is 4.74 Å². The van der Waals surface area contributed by atoms with Crippen molar-refractivity contribution in [2.75, 3.05) is 7.11 Å². The van der Waals surface area contributed by atoms with Crippen molar-refractivity contribution < 1.29 is 18.3 Å². The molecule has 0 heterocycles. The molecule has 0 aliphatic rings. The summed E-state index contributed by atoms with van der Waals surface area (Å²) in [6.45, 7) is 0.605. The summed E-state index contributed by atoms with van der Waals surface area (Å²) in [7, 11) is 1.55. The monoisotopic (exact) mass is 250 g/mol. The molecule has 0 N–H and O–H groups in total. The van der Waals surface area contributed by atoms with Crippen LogP contribution < -0.4 is 4.74 Å². The second-order valence-electron chi connectivity index (χ2n) is 4.15. The lowest BCUT2D eigenvalue weighted by Gasteiger charge is -2.09. The quantitative estimate of drug-likeness (QED) is 0.776. The molecule has 0 atom stereocenters. The molecule has 0 fully saturated rings. The Labute approximate surface area is 103 Å². The normalized spacial score (nSPS) is 11.6. The second kappa shape index (κ2) is 4.37. The number of rotatable bonds is 3. The Bertz CT molecular complexity index is 600. The summed E-state index contributed by atoms with van der Waals surface area (Å²) in [6.07, 6.45) is 0. The van der Waals surface area contributed by atoms with E-state index >= 15 is 0 Å². The number of ketones is 1. The molecule has 2 aromatic rings. The van der Waals surface area contributed by atoms with Crippen molar-refractivity contribution in [3.05, 3.63) is 42.0 Å². The number of alkyl halides is 2. The number of halogens is 2.